The summed E-state index contributed by atoms with van der Waals surface area (Å²) in [6, 6.07) is 5.06. The number of hydrogen-bond donors (Lipinski definition) is 1. The van der Waals surface area contributed by atoms with Crippen LogP contribution in [0.5, 0.6) is 0 Å². The molecule has 0 spiro atoms. The molecule has 0 radical (unpaired) electrons. The van der Waals surface area contributed by atoms with Crippen molar-refractivity contribution in [1.82, 2.24) is 9.71 Å². The highest BCUT2D eigenvalue weighted by atomic mass is 16.7. The zero-order chi connectivity index (χ0) is 14.7. The number of hydrogen-bond acceptors (Lipinski definition) is 5. The molecule has 2 rings (SSSR count). The van der Waals surface area contributed by atoms with Crippen LogP contribution in [0.3, 0.4) is 0 Å². The molecule has 0 bridgehead atoms. The molecule has 106 valence electrons. The maximum atomic E-state index is 12.1. The number of carbonyl (C=O) groups is 1. The molecule has 0 saturated carbocycles. The third-order valence-corrected chi connectivity index (χ3v) is 2.63. The topological polar surface area (TPSA) is 90.4 Å². The zero-order valence-corrected chi connectivity index (χ0v) is 11.1. The van der Waals surface area contributed by atoms with Gasteiger partial charge >= 0.3 is 11.7 Å². The van der Waals surface area contributed by atoms with Crippen molar-refractivity contribution in [3.05, 3.63) is 44.6 Å². The van der Waals surface area contributed by atoms with Crippen molar-refractivity contribution in [1.29, 1.82) is 0 Å². The van der Waals surface area contributed by atoms with Crippen LogP contribution in [0.15, 0.2) is 27.8 Å². The Labute approximate surface area is 113 Å². The van der Waals surface area contributed by atoms with Gasteiger partial charge in [-0.1, -0.05) is 16.4 Å². The van der Waals surface area contributed by atoms with Gasteiger partial charge in [0, 0.05) is 0 Å². The van der Waals surface area contributed by atoms with Gasteiger partial charge in [0.05, 0.1) is 17.5 Å². The molecule has 1 N–H and O–H groups in total. The summed E-state index contributed by atoms with van der Waals surface area (Å²) >= 11 is 0. The van der Waals surface area contributed by atoms with Crippen LogP contribution in [0.2, 0.25) is 0 Å². The number of esters is 1. The molecule has 7 nitrogen and oxygen atoms in total. The minimum Gasteiger partial charge on any atom is -0.463 e. The van der Waals surface area contributed by atoms with E-state index in [0.717, 1.165) is 5.56 Å². The van der Waals surface area contributed by atoms with Gasteiger partial charge in [-0.3, -0.25) is 4.79 Å². The lowest BCUT2D eigenvalue weighted by Gasteiger charge is -2.07. The number of nitrogens with zero attached hydrogens (tertiary/aromatic N) is 1. The smallest absolute Gasteiger partial charge is 0.362 e. The van der Waals surface area contributed by atoms with E-state index in [1.807, 2.05) is 6.92 Å². The summed E-state index contributed by atoms with van der Waals surface area (Å²) in [5.41, 5.74) is -0.0624. The first-order chi connectivity index (χ1) is 9.52. The van der Waals surface area contributed by atoms with Gasteiger partial charge in [0.2, 0.25) is 6.61 Å². The summed E-state index contributed by atoms with van der Waals surface area (Å²) in [5.74, 6) is -0.650. The van der Waals surface area contributed by atoms with Gasteiger partial charge in [-0.2, -0.15) is 0 Å². The van der Waals surface area contributed by atoms with E-state index in [9.17, 15) is 14.4 Å². The molecule has 0 amide bonds. The van der Waals surface area contributed by atoms with Crippen LogP contribution in [0.25, 0.3) is 10.9 Å². The number of H-pyrrole nitrogens is 1. The van der Waals surface area contributed by atoms with Crippen molar-refractivity contribution in [2.45, 2.75) is 13.8 Å². The molecule has 7 heteroatoms. The number of ether oxygens (including phenoxy) is 1. The molecular weight excluding hydrogens is 264 g/mol. The maximum Gasteiger partial charge on any atom is 0.362 e. The zero-order valence-electron chi connectivity index (χ0n) is 11.1. The largest absolute Gasteiger partial charge is 0.463 e. The van der Waals surface area contributed by atoms with Crippen molar-refractivity contribution in [2.24, 2.45) is 0 Å². The first kappa shape index (κ1) is 13.9. The lowest BCUT2D eigenvalue weighted by atomic mass is 10.2. The highest BCUT2D eigenvalue weighted by Crippen LogP contribution is 2.07. The predicted molar refractivity (Wildman–Crippen MR) is 71.6 cm³/mol. The second-order valence-corrected chi connectivity index (χ2v) is 4.16. The predicted octanol–water partition coefficient (Wildman–Crippen LogP) is -0.0101. The summed E-state index contributed by atoms with van der Waals surface area (Å²) in [5, 5.41) is 0.313. The Morgan fingerprint density at radius 1 is 1.35 bits per heavy atom. The number of rotatable bonds is 4. The Morgan fingerprint density at radius 3 is 2.80 bits per heavy atom. The van der Waals surface area contributed by atoms with E-state index in [1.54, 1.807) is 25.1 Å². The quantitative estimate of drug-likeness (QED) is 0.794. The van der Waals surface area contributed by atoms with Crippen molar-refractivity contribution >= 4 is 16.9 Å². The van der Waals surface area contributed by atoms with E-state index >= 15 is 0 Å². The molecule has 0 aliphatic rings. The molecule has 0 aliphatic heterocycles. The molecule has 1 aromatic carbocycles. The minimum absolute atomic E-state index is 0.199. The van der Waals surface area contributed by atoms with Gasteiger partial charge in [-0.05, 0) is 26.0 Å². The van der Waals surface area contributed by atoms with Gasteiger partial charge in [0.25, 0.3) is 5.56 Å². The van der Waals surface area contributed by atoms with Gasteiger partial charge in [-0.15, -0.1) is 0 Å². The molecule has 1 heterocycles. The Morgan fingerprint density at radius 2 is 2.10 bits per heavy atom. The van der Waals surface area contributed by atoms with E-state index in [0.29, 0.717) is 15.6 Å². The summed E-state index contributed by atoms with van der Waals surface area (Å²) in [7, 11) is 0. The molecule has 20 heavy (non-hydrogen) atoms. The van der Waals surface area contributed by atoms with Crippen molar-refractivity contribution in [3.8, 4) is 0 Å². The standard InChI is InChI=1S/C13H14N2O5/c1-3-19-11(16)7-20-15-12(17)9-6-8(2)4-5-10(9)14-13(15)18/h4-6H,3,7H2,1-2H3,(H,14,18). The highest BCUT2D eigenvalue weighted by molar-refractivity contribution is 5.77. The molecule has 1 aromatic heterocycles. The second-order valence-electron chi connectivity index (χ2n) is 4.16. The average Bonchev–Trinajstić information content (AvgIpc) is 2.40. The molecule has 0 unspecified atom stereocenters. The second kappa shape index (κ2) is 5.60. The Balaban J connectivity index is 2.41. The number of benzene rings is 1. The van der Waals surface area contributed by atoms with E-state index in [4.69, 9.17) is 4.84 Å². The van der Waals surface area contributed by atoms with Gasteiger partial charge < -0.3 is 14.6 Å². The number of aromatic amines is 1. The summed E-state index contributed by atoms with van der Waals surface area (Å²) in [6.45, 7) is 3.17. The summed E-state index contributed by atoms with van der Waals surface area (Å²) < 4.78 is 5.18. The van der Waals surface area contributed by atoms with Crippen molar-refractivity contribution in [3.63, 3.8) is 0 Å². The lowest BCUT2D eigenvalue weighted by molar-refractivity contribution is -0.148. The van der Waals surface area contributed by atoms with E-state index in [2.05, 4.69) is 9.72 Å². The fourth-order valence-corrected chi connectivity index (χ4v) is 1.75. The van der Waals surface area contributed by atoms with Crippen molar-refractivity contribution < 1.29 is 14.4 Å². The molecule has 0 aliphatic carbocycles. The third-order valence-electron chi connectivity index (χ3n) is 2.63. The number of aryl methyl sites for hydroxylation is 1. The summed E-state index contributed by atoms with van der Waals surface area (Å²) in [4.78, 5) is 42.5. The van der Waals surface area contributed by atoms with E-state index < -0.39 is 23.8 Å². The van der Waals surface area contributed by atoms with Crippen LogP contribution in [0, 0.1) is 6.92 Å². The third kappa shape index (κ3) is 2.71. The van der Waals surface area contributed by atoms with Crippen LogP contribution < -0.4 is 16.1 Å². The molecule has 0 atom stereocenters. The Kier molecular flexibility index (Phi) is 3.88. The number of nitrogens with one attached hydrogen (secondary N) is 1. The number of carbonyl (C=O) groups excluding carboxylic acids is 1. The molecule has 0 fully saturated rings. The SMILES string of the molecule is CCOC(=O)COn1c(=O)[nH]c2ccc(C)cc2c1=O. The fraction of sp³-hybridized carbons (Fsp3) is 0.308. The fourth-order valence-electron chi connectivity index (χ4n) is 1.75. The van der Waals surface area contributed by atoms with Gasteiger partial charge in [-0.25, -0.2) is 9.59 Å². The van der Waals surface area contributed by atoms with Gasteiger partial charge in [0.1, 0.15) is 0 Å². The molecule has 0 saturated heterocycles. The monoisotopic (exact) mass is 278 g/mol. The van der Waals surface area contributed by atoms with Crippen LogP contribution in [0.1, 0.15) is 12.5 Å². The maximum absolute atomic E-state index is 12.1. The Bertz CT molecular complexity index is 759. The minimum atomic E-state index is -0.740. The van der Waals surface area contributed by atoms with Crippen LogP contribution in [-0.4, -0.2) is 28.9 Å². The summed E-state index contributed by atoms with van der Waals surface area (Å²) in [6.07, 6.45) is 0. The highest BCUT2D eigenvalue weighted by Gasteiger charge is 2.11. The number of fused-ring (bicyclic) bond motifs is 1. The van der Waals surface area contributed by atoms with Gasteiger partial charge in [0.15, 0.2) is 0 Å². The van der Waals surface area contributed by atoms with E-state index in [1.165, 1.54) is 0 Å². The van der Waals surface area contributed by atoms with Crippen molar-refractivity contribution in [2.75, 3.05) is 13.2 Å². The van der Waals surface area contributed by atoms with Crippen LogP contribution in [0.4, 0.5) is 0 Å². The average molecular weight is 278 g/mol. The number of aromatic nitrogens is 2. The van der Waals surface area contributed by atoms with E-state index in [-0.39, 0.29) is 6.61 Å². The lowest BCUT2D eigenvalue weighted by Crippen LogP contribution is -2.41. The first-order valence-electron chi connectivity index (χ1n) is 6.07. The normalized spacial score (nSPS) is 10.5. The molecular formula is C13H14N2O5. The van der Waals surface area contributed by atoms with Crippen LogP contribution >= 0.6 is 0 Å². The molecule has 2 aromatic rings. The van der Waals surface area contributed by atoms with Crippen LogP contribution in [-0.2, 0) is 9.53 Å². The first-order valence-corrected chi connectivity index (χ1v) is 6.07. The Hall–Kier alpha value is -2.57.